The first kappa shape index (κ1) is 7.35. The third-order valence-corrected chi connectivity index (χ3v) is 1.56. The van der Waals surface area contributed by atoms with Crippen LogP contribution in [-0.2, 0) is 4.74 Å². The molecule has 0 saturated carbocycles. The van der Waals surface area contributed by atoms with Crippen LogP contribution in [0.4, 0.5) is 0 Å². The molecule has 0 fully saturated rings. The Balaban J connectivity index is 2.47. The average molecular weight is 139 g/mol. The second kappa shape index (κ2) is 3.42. The van der Waals surface area contributed by atoms with E-state index >= 15 is 0 Å². The van der Waals surface area contributed by atoms with E-state index in [-0.39, 0.29) is 6.04 Å². The summed E-state index contributed by atoms with van der Waals surface area (Å²) < 4.78 is 5.19. The lowest BCUT2D eigenvalue weighted by Crippen LogP contribution is -2.22. The molecule has 0 amide bonds. The van der Waals surface area contributed by atoms with Crippen molar-refractivity contribution < 1.29 is 4.74 Å². The molecule has 0 radical (unpaired) electrons. The van der Waals surface area contributed by atoms with Crippen molar-refractivity contribution in [3.8, 4) is 0 Å². The molecule has 1 aliphatic rings. The van der Waals surface area contributed by atoms with E-state index in [9.17, 15) is 0 Å². The molecule has 1 aliphatic heterocycles. The van der Waals surface area contributed by atoms with Gasteiger partial charge in [-0.25, -0.2) is 0 Å². The SMILES string of the molecule is CC[C@@H](N)C1=CCC=CO1. The summed E-state index contributed by atoms with van der Waals surface area (Å²) in [5, 5.41) is 0. The highest BCUT2D eigenvalue weighted by Gasteiger charge is 2.07. The molecular weight excluding hydrogens is 126 g/mol. The van der Waals surface area contributed by atoms with Crippen molar-refractivity contribution >= 4 is 0 Å². The summed E-state index contributed by atoms with van der Waals surface area (Å²) in [4.78, 5) is 0. The Morgan fingerprint density at radius 1 is 1.80 bits per heavy atom. The van der Waals surface area contributed by atoms with Crippen LogP contribution in [-0.4, -0.2) is 6.04 Å². The van der Waals surface area contributed by atoms with Crippen molar-refractivity contribution in [2.45, 2.75) is 25.8 Å². The number of hydrogen-bond donors (Lipinski definition) is 1. The van der Waals surface area contributed by atoms with E-state index < -0.39 is 0 Å². The van der Waals surface area contributed by atoms with Gasteiger partial charge in [-0.1, -0.05) is 6.92 Å². The molecule has 0 aromatic rings. The van der Waals surface area contributed by atoms with Gasteiger partial charge in [0.05, 0.1) is 12.3 Å². The minimum Gasteiger partial charge on any atom is -0.468 e. The number of ether oxygens (including phenoxy) is 1. The van der Waals surface area contributed by atoms with Crippen LogP contribution in [0.15, 0.2) is 24.2 Å². The normalized spacial score (nSPS) is 19.6. The second-order valence-corrected chi connectivity index (χ2v) is 2.35. The third kappa shape index (κ3) is 1.61. The Labute approximate surface area is 61.4 Å². The summed E-state index contributed by atoms with van der Waals surface area (Å²) >= 11 is 0. The van der Waals surface area contributed by atoms with Crippen molar-refractivity contribution in [1.82, 2.24) is 0 Å². The van der Waals surface area contributed by atoms with Crippen molar-refractivity contribution in [3.63, 3.8) is 0 Å². The molecule has 2 N–H and O–H groups in total. The van der Waals surface area contributed by atoms with Gasteiger partial charge >= 0.3 is 0 Å². The number of rotatable bonds is 2. The summed E-state index contributed by atoms with van der Waals surface area (Å²) in [7, 11) is 0. The van der Waals surface area contributed by atoms with Gasteiger partial charge in [0.15, 0.2) is 0 Å². The molecule has 0 spiro atoms. The van der Waals surface area contributed by atoms with Gasteiger partial charge in [0, 0.05) is 0 Å². The van der Waals surface area contributed by atoms with Crippen LogP contribution >= 0.6 is 0 Å². The quantitative estimate of drug-likeness (QED) is 0.629. The minimum atomic E-state index is 0.0740. The van der Waals surface area contributed by atoms with Crippen LogP contribution in [0.3, 0.4) is 0 Å². The number of allylic oxidation sites excluding steroid dienone is 2. The van der Waals surface area contributed by atoms with Crippen LogP contribution in [0.25, 0.3) is 0 Å². The topological polar surface area (TPSA) is 35.2 Å². The molecule has 1 heterocycles. The molecule has 2 heteroatoms. The zero-order valence-electron chi connectivity index (χ0n) is 6.21. The molecule has 0 unspecified atom stereocenters. The molecule has 2 nitrogen and oxygen atoms in total. The lowest BCUT2D eigenvalue weighted by Gasteiger charge is -2.14. The Morgan fingerprint density at radius 2 is 2.60 bits per heavy atom. The summed E-state index contributed by atoms with van der Waals surface area (Å²) in [5.41, 5.74) is 5.72. The van der Waals surface area contributed by atoms with E-state index in [2.05, 4.69) is 0 Å². The number of nitrogens with two attached hydrogens (primary N) is 1. The van der Waals surface area contributed by atoms with Gasteiger partial charge < -0.3 is 10.5 Å². The van der Waals surface area contributed by atoms with E-state index in [1.807, 2.05) is 19.1 Å². The van der Waals surface area contributed by atoms with Gasteiger partial charge in [-0.05, 0) is 25.0 Å². The fourth-order valence-electron chi connectivity index (χ4n) is 0.854. The van der Waals surface area contributed by atoms with Crippen LogP contribution in [0.1, 0.15) is 19.8 Å². The molecule has 1 atom stereocenters. The molecule has 0 aliphatic carbocycles. The van der Waals surface area contributed by atoms with Crippen LogP contribution in [0, 0.1) is 0 Å². The lowest BCUT2D eigenvalue weighted by molar-refractivity contribution is 0.306. The van der Waals surface area contributed by atoms with Crippen LogP contribution < -0.4 is 5.73 Å². The van der Waals surface area contributed by atoms with E-state index in [4.69, 9.17) is 10.5 Å². The molecule has 1 rings (SSSR count). The highest BCUT2D eigenvalue weighted by atomic mass is 16.5. The molecule has 0 aromatic heterocycles. The molecule has 0 aromatic carbocycles. The van der Waals surface area contributed by atoms with Gasteiger partial charge in [0.2, 0.25) is 0 Å². The fraction of sp³-hybridized carbons (Fsp3) is 0.500. The maximum atomic E-state index is 5.72. The Bertz CT molecular complexity index is 161. The zero-order chi connectivity index (χ0) is 7.40. The van der Waals surface area contributed by atoms with E-state index in [0.717, 1.165) is 18.6 Å². The Kier molecular flexibility index (Phi) is 2.51. The molecule has 56 valence electrons. The Hall–Kier alpha value is -0.760. The van der Waals surface area contributed by atoms with Crippen molar-refractivity contribution in [2.24, 2.45) is 5.73 Å². The lowest BCUT2D eigenvalue weighted by atomic mass is 10.1. The predicted octanol–water partition coefficient (Wildman–Crippen LogP) is 1.54. The third-order valence-electron chi connectivity index (χ3n) is 1.56. The number of hydrogen-bond acceptors (Lipinski definition) is 2. The molecule has 0 saturated heterocycles. The fourth-order valence-corrected chi connectivity index (χ4v) is 0.854. The van der Waals surface area contributed by atoms with E-state index in [0.29, 0.717) is 0 Å². The minimum absolute atomic E-state index is 0.0740. The monoisotopic (exact) mass is 139 g/mol. The largest absolute Gasteiger partial charge is 0.468 e. The van der Waals surface area contributed by atoms with Gasteiger partial charge in [0.25, 0.3) is 0 Å². The second-order valence-electron chi connectivity index (χ2n) is 2.35. The highest BCUT2D eigenvalue weighted by molar-refractivity contribution is 5.09. The highest BCUT2D eigenvalue weighted by Crippen LogP contribution is 2.11. The predicted molar refractivity (Wildman–Crippen MR) is 41.2 cm³/mol. The first-order chi connectivity index (χ1) is 4.84. The smallest absolute Gasteiger partial charge is 0.116 e. The molecule has 10 heavy (non-hydrogen) atoms. The van der Waals surface area contributed by atoms with Gasteiger partial charge in [-0.2, -0.15) is 0 Å². The van der Waals surface area contributed by atoms with E-state index in [1.165, 1.54) is 0 Å². The van der Waals surface area contributed by atoms with Crippen LogP contribution in [0.5, 0.6) is 0 Å². The van der Waals surface area contributed by atoms with Crippen molar-refractivity contribution in [1.29, 1.82) is 0 Å². The zero-order valence-corrected chi connectivity index (χ0v) is 6.21. The van der Waals surface area contributed by atoms with Crippen molar-refractivity contribution in [3.05, 3.63) is 24.2 Å². The molecular formula is C8H13NO. The van der Waals surface area contributed by atoms with E-state index in [1.54, 1.807) is 6.26 Å². The Morgan fingerprint density at radius 3 is 3.10 bits per heavy atom. The van der Waals surface area contributed by atoms with Crippen LogP contribution in [0.2, 0.25) is 0 Å². The standard InChI is InChI=1S/C8H13NO/c1-2-7(9)8-5-3-4-6-10-8/h4-7H,2-3,9H2,1H3/t7-/m1/s1. The maximum Gasteiger partial charge on any atom is 0.116 e. The summed E-state index contributed by atoms with van der Waals surface area (Å²) in [6.45, 7) is 2.05. The van der Waals surface area contributed by atoms with Gasteiger partial charge in [-0.15, -0.1) is 0 Å². The van der Waals surface area contributed by atoms with Crippen molar-refractivity contribution in [2.75, 3.05) is 0 Å². The molecule has 0 bridgehead atoms. The first-order valence-electron chi connectivity index (χ1n) is 3.62. The summed E-state index contributed by atoms with van der Waals surface area (Å²) in [6.07, 6.45) is 7.56. The van der Waals surface area contributed by atoms with Gasteiger partial charge in [0.1, 0.15) is 5.76 Å². The maximum absolute atomic E-state index is 5.72. The summed E-state index contributed by atoms with van der Waals surface area (Å²) in [5.74, 6) is 0.907. The van der Waals surface area contributed by atoms with Gasteiger partial charge in [-0.3, -0.25) is 0 Å². The average Bonchev–Trinajstić information content (AvgIpc) is 2.05. The first-order valence-corrected chi connectivity index (χ1v) is 3.62. The summed E-state index contributed by atoms with van der Waals surface area (Å²) in [6, 6.07) is 0.0740.